The highest BCUT2D eigenvalue weighted by Crippen LogP contribution is 2.18. The molecule has 2 N–H and O–H groups in total. The van der Waals surface area contributed by atoms with Gasteiger partial charge in [-0.1, -0.05) is 6.92 Å². The van der Waals surface area contributed by atoms with Crippen molar-refractivity contribution < 1.29 is 0 Å². The zero-order chi connectivity index (χ0) is 14.2. The quantitative estimate of drug-likeness (QED) is 0.287. The third-order valence-corrected chi connectivity index (χ3v) is 3.73. The zero-order valence-electron chi connectivity index (χ0n) is 12.7. The summed E-state index contributed by atoms with van der Waals surface area (Å²) in [5, 5.41) is 14.9. The lowest BCUT2D eigenvalue weighted by atomic mass is 10.4. The van der Waals surface area contributed by atoms with Crippen LogP contribution in [-0.4, -0.2) is 51.9 Å². The molecule has 1 aliphatic rings. The van der Waals surface area contributed by atoms with Gasteiger partial charge in [-0.15, -0.1) is 34.2 Å². The Morgan fingerprint density at radius 1 is 1.52 bits per heavy atom. The average Bonchev–Trinajstić information content (AvgIpc) is 3.15. The van der Waals surface area contributed by atoms with Crippen LogP contribution in [0, 0.1) is 0 Å². The number of thioether (sulfide) groups is 1. The molecule has 1 fully saturated rings. The fourth-order valence-corrected chi connectivity index (χ4v) is 2.13. The molecule has 1 aromatic rings. The molecular formula is C13H25IN6S. The van der Waals surface area contributed by atoms with E-state index in [1.54, 1.807) is 6.33 Å². The van der Waals surface area contributed by atoms with Crippen LogP contribution in [0.25, 0.3) is 0 Å². The summed E-state index contributed by atoms with van der Waals surface area (Å²) in [5.41, 5.74) is 0. The number of nitrogens with one attached hydrogen (secondary N) is 2. The Balaban J connectivity index is 0.00000220. The van der Waals surface area contributed by atoms with E-state index in [1.165, 1.54) is 12.8 Å². The molecule has 1 aliphatic carbocycles. The molecule has 21 heavy (non-hydrogen) atoms. The van der Waals surface area contributed by atoms with E-state index in [0.29, 0.717) is 6.04 Å². The molecule has 2 rings (SSSR count). The van der Waals surface area contributed by atoms with Gasteiger partial charge in [-0.3, -0.25) is 4.99 Å². The minimum absolute atomic E-state index is 0. The van der Waals surface area contributed by atoms with Crippen LogP contribution in [0.3, 0.4) is 0 Å². The normalized spacial score (nSPS) is 14.7. The number of aliphatic imine (C=N–C) groups is 1. The first kappa shape index (κ1) is 18.5. The van der Waals surface area contributed by atoms with Gasteiger partial charge in [0.25, 0.3) is 0 Å². The van der Waals surface area contributed by atoms with Crippen LogP contribution in [0.5, 0.6) is 0 Å². The molecule has 1 saturated carbocycles. The summed E-state index contributed by atoms with van der Waals surface area (Å²) in [7, 11) is 0. The second kappa shape index (κ2) is 10.3. The van der Waals surface area contributed by atoms with E-state index in [4.69, 9.17) is 0 Å². The molecule has 0 aliphatic heterocycles. The summed E-state index contributed by atoms with van der Waals surface area (Å²) >= 11 is 1.82. The molecule has 0 aromatic carbocycles. The Labute approximate surface area is 148 Å². The lowest BCUT2D eigenvalue weighted by Gasteiger charge is -2.12. The minimum Gasteiger partial charge on any atom is -0.355 e. The summed E-state index contributed by atoms with van der Waals surface area (Å²) < 4.78 is 2.09. The van der Waals surface area contributed by atoms with Gasteiger partial charge in [0.1, 0.15) is 12.2 Å². The third-order valence-electron chi connectivity index (χ3n) is 3.14. The fraction of sp³-hybridized carbons (Fsp3) is 0.769. The number of nitrogens with zero attached hydrogens (tertiary/aromatic N) is 4. The molecule has 6 nitrogen and oxygen atoms in total. The standard InChI is InChI=1S/C13H24N6S.HI/c1-3-12-18-16-10-19(12)8-6-14-13(15-7-9-20-2)17-11-4-5-11;/h10-11H,3-9H2,1-2H3,(H2,14,15,17);1H. The van der Waals surface area contributed by atoms with Crippen LogP contribution in [0.4, 0.5) is 0 Å². The predicted molar refractivity (Wildman–Crippen MR) is 99.7 cm³/mol. The van der Waals surface area contributed by atoms with Gasteiger partial charge in [0, 0.05) is 31.3 Å². The van der Waals surface area contributed by atoms with Crippen molar-refractivity contribution in [2.24, 2.45) is 4.99 Å². The first-order valence-corrected chi connectivity index (χ1v) is 8.63. The van der Waals surface area contributed by atoms with Crippen molar-refractivity contribution in [1.82, 2.24) is 25.4 Å². The number of aromatic nitrogens is 3. The SMILES string of the molecule is CCc1nncn1CCNC(=NCCSC)NC1CC1.I. The largest absolute Gasteiger partial charge is 0.355 e. The summed E-state index contributed by atoms with van der Waals surface area (Å²) in [5.74, 6) is 3.03. The predicted octanol–water partition coefficient (Wildman–Crippen LogP) is 1.52. The Morgan fingerprint density at radius 3 is 3.00 bits per heavy atom. The molecule has 0 amide bonds. The summed E-state index contributed by atoms with van der Waals surface area (Å²) in [6, 6.07) is 0.622. The Bertz CT molecular complexity index is 432. The van der Waals surface area contributed by atoms with E-state index in [2.05, 4.69) is 43.6 Å². The van der Waals surface area contributed by atoms with Crippen molar-refractivity contribution in [3.63, 3.8) is 0 Å². The van der Waals surface area contributed by atoms with E-state index >= 15 is 0 Å². The van der Waals surface area contributed by atoms with Gasteiger partial charge < -0.3 is 15.2 Å². The van der Waals surface area contributed by atoms with Crippen LogP contribution in [0.15, 0.2) is 11.3 Å². The van der Waals surface area contributed by atoms with Gasteiger partial charge in [0.15, 0.2) is 5.96 Å². The van der Waals surface area contributed by atoms with Crippen molar-refractivity contribution in [3.05, 3.63) is 12.2 Å². The summed E-state index contributed by atoms with van der Waals surface area (Å²) in [6.07, 6.45) is 7.33. The first-order valence-electron chi connectivity index (χ1n) is 7.24. The van der Waals surface area contributed by atoms with Gasteiger partial charge in [-0.25, -0.2) is 0 Å². The number of rotatable bonds is 8. The number of guanidine groups is 1. The topological polar surface area (TPSA) is 67.1 Å². The molecule has 120 valence electrons. The third kappa shape index (κ3) is 6.86. The summed E-state index contributed by atoms with van der Waals surface area (Å²) in [4.78, 5) is 4.59. The van der Waals surface area contributed by atoms with E-state index in [-0.39, 0.29) is 24.0 Å². The second-order valence-electron chi connectivity index (χ2n) is 4.86. The highest BCUT2D eigenvalue weighted by Gasteiger charge is 2.22. The molecule has 0 bridgehead atoms. The van der Waals surface area contributed by atoms with Crippen LogP contribution >= 0.6 is 35.7 Å². The smallest absolute Gasteiger partial charge is 0.191 e. The highest BCUT2D eigenvalue weighted by atomic mass is 127. The van der Waals surface area contributed by atoms with Gasteiger partial charge in [0.2, 0.25) is 0 Å². The van der Waals surface area contributed by atoms with Crippen LogP contribution in [0.2, 0.25) is 0 Å². The number of hydrogen-bond donors (Lipinski definition) is 2. The van der Waals surface area contributed by atoms with E-state index in [9.17, 15) is 0 Å². The maximum atomic E-state index is 4.59. The van der Waals surface area contributed by atoms with E-state index < -0.39 is 0 Å². The number of halogens is 1. The molecular weight excluding hydrogens is 399 g/mol. The van der Waals surface area contributed by atoms with Gasteiger partial charge >= 0.3 is 0 Å². The van der Waals surface area contributed by atoms with Crippen molar-refractivity contribution in [1.29, 1.82) is 0 Å². The maximum Gasteiger partial charge on any atom is 0.191 e. The second-order valence-corrected chi connectivity index (χ2v) is 5.85. The fourth-order valence-electron chi connectivity index (χ4n) is 1.86. The molecule has 0 unspecified atom stereocenters. The molecule has 0 saturated heterocycles. The lowest BCUT2D eigenvalue weighted by molar-refractivity contribution is 0.631. The Kier molecular flexibility index (Phi) is 9.05. The minimum atomic E-state index is 0. The summed E-state index contributed by atoms with van der Waals surface area (Å²) in [6.45, 7) is 4.65. The first-order chi connectivity index (χ1) is 9.83. The maximum absolute atomic E-state index is 4.59. The van der Waals surface area contributed by atoms with Crippen LogP contribution < -0.4 is 10.6 Å². The zero-order valence-corrected chi connectivity index (χ0v) is 15.9. The molecule has 0 radical (unpaired) electrons. The number of aryl methyl sites for hydroxylation is 1. The lowest BCUT2D eigenvalue weighted by Crippen LogP contribution is -2.40. The molecule has 0 spiro atoms. The Hall–Kier alpha value is -0.510. The molecule has 1 heterocycles. The van der Waals surface area contributed by atoms with Crippen LogP contribution in [-0.2, 0) is 13.0 Å². The van der Waals surface area contributed by atoms with Gasteiger partial charge in [0.05, 0.1) is 6.54 Å². The molecule has 0 atom stereocenters. The van der Waals surface area contributed by atoms with Gasteiger partial charge in [-0.05, 0) is 19.1 Å². The van der Waals surface area contributed by atoms with E-state index in [1.807, 2.05) is 11.8 Å². The number of hydrogen-bond acceptors (Lipinski definition) is 4. The average molecular weight is 424 g/mol. The van der Waals surface area contributed by atoms with Crippen molar-refractivity contribution in [2.75, 3.05) is 25.1 Å². The van der Waals surface area contributed by atoms with Crippen molar-refractivity contribution >= 4 is 41.7 Å². The van der Waals surface area contributed by atoms with Crippen molar-refractivity contribution in [3.8, 4) is 0 Å². The monoisotopic (exact) mass is 424 g/mol. The molecule has 1 aromatic heterocycles. The van der Waals surface area contributed by atoms with Crippen LogP contribution in [0.1, 0.15) is 25.6 Å². The van der Waals surface area contributed by atoms with Gasteiger partial charge in [-0.2, -0.15) is 11.8 Å². The highest BCUT2D eigenvalue weighted by molar-refractivity contribution is 14.0. The van der Waals surface area contributed by atoms with Crippen molar-refractivity contribution in [2.45, 2.75) is 38.8 Å². The molecule has 8 heteroatoms. The van der Waals surface area contributed by atoms with E-state index in [0.717, 1.165) is 43.6 Å². The Morgan fingerprint density at radius 2 is 2.33 bits per heavy atom.